The molecule has 1 amide bonds. The zero-order chi connectivity index (χ0) is 19.0. The Labute approximate surface area is 156 Å². The molecule has 1 atom stereocenters. The Morgan fingerprint density at radius 3 is 2.96 bits per heavy atom. The summed E-state index contributed by atoms with van der Waals surface area (Å²) in [6.45, 7) is 4.36. The van der Waals surface area contributed by atoms with Crippen LogP contribution >= 0.6 is 0 Å². The average molecular weight is 362 g/mol. The lowest BCUT2D eigenvalue weighted by atomic mass is 10.1. The Morgan fingerprint density at radius 2 is 2.22 bits per heavy atom. The van der Waals surface area contributed by atoms with Gasteiger partial charge in [0.2, 0.25) is 0 Å². The third kappa shape index (κ3) is 3.29. The number of fused-ring (bicyclic) bond motifs is 3. The van der Waals surface area contributed by atoms with E-state index in [1.54, 1.807) is 10.7 Å². The fourth-order valence-electron chi connectivity index (χ4n) is 2.98. The quantitative estimate of drug-likeness (QED) is 0.706. The molecule has 2 N–H and O–H groups in total. The van der Waals surface area contributed by atoms with Gasteiger partial charge in [0, 0.05) is 17.5 Å². The van der Waals surface area contributed by atoms with Crippen LogP contribution in [0.4, 0.5) is 0 Å². The lowest BCUT2D eigenvalue weighted by Gasteiger charge is -2.08. The molecule has 1 aliphatic rings. The third-order valence-corrected chi connectivity index (χ3v) is 4.35. The first kappa shape index (κ1) is 16.9. The number of ether oxygens (including phenoxy) is 1. The van der Waals surface area contributed by atoms with E-state index in [9.17, 15) is 4.79 Å². The minimum absolute atomic E-state index is 0.0722. The van der Waals surface area contributed by atoms with Crippen molar-refractivity contribution in [3.05, 3.63) is 58.7 Å². The number of amides is 1. The van der Waals surface area contributed by atoms with E-state index in [-0.39, 0.29) is 11.6 Å². The number of nitrogens with two attached hydrogens (primary N) is 1. The molecule has 4 rings (SSSR count). The van der Waals surface area contributed by atoms with Gasteiger partial charge in [-0.3, -0.25) is 4.79 Å². The summed E-state index contributed by atoms with van der Waals surface area (Å²) in [6, 6.07) is 9.25. The van der Waals surface area contributed by atoms with Gasteiger partial charge in [0.25, 0.3) is 5.91 Å². The molecule has 2 aromatic heterocycles. The summed E-state index contributed by atoms with van der Waals surface area (Å²) in [4.78, 5) is 11.5. The second-order valence-electron chi connectivity index (χ2n) is 6.53. The van der Waals surface area contributed by atoms with Crippen LogP contribution in [0.3, 0.4) is 0 Å². The van der Waals surface area contributed by atoms with Crippen molar-refractivity contribution in [3.8, 4) is 23.3 Å². The second-order valence-corrected chi connectivity index (χ2v) is 6.53. The molecule has 3 heterocycles. The molecule has 0 saturated carbocycles. The van der Waals surface area contributed by atoms with E-state index in [2.05, 4.69) is 22.1 Å². The van der Waals surface area contributed by atoms with Gasteiger partial charge in [-0.25, -0.2) is 4.68 Å². The molecule has 0 aliphatic carbocycles. The van der Waals surface area contributed by atoms with Gasteiger partial charge in [0.05, 0.1) is 24.4 Å². The van der Waals surface area contributed by atoms with Crippen LogP contribution in [0.1, 0.15) is 46.0 Å². The molecule has 0 spiro atoms. The standard InChI is InChI=1S/C20H18N4O3/c1-12-11-26-19-7-6-14(4-3-5-15-8-13(2)27-23-15)9-18(19)24-17(12)10-16(22-24)20(21)25/h6-10,12H,5,11H2,1-2H3,(H2,21,25)/t12-/m0/s1. The molecule has 0 unspecified atom stereocenters. The van der Waals surface area contributed by atoms with E-state index >= 15 is 0 Å². The molecule has 0 saturated heterocycles. The normalized spacial score (nSPS) is 15.0. The number of aromatic nitrogens is 3. The largest absolute Gasteiger partial charge is 0.491 e. The van der Waals surface area contributed by atoms with Crippen LogP contribution in [0.5, 0.6) is 5.75 Å². The lowest BCUT2D eigenvalue weighted by molar-refractivity contribution is 0.0995. The Hall–Kier alpha value is -3.53. The van der Waals surface area contributed by atoms with Crippen molar-refractivity contribution in [2.75, 3.05) is 6.61 Å². The van der Waals surface area contributed by atoms with Crippen molar-refractivity contribution in [2.45, 2.75) is 26.2 Å². The summed E-state index contributed by atoms with van der Waals surface area (Å²) in [7, 11) is 0. The van der Waals surface area contributed by atoms with Gasteiger partial charge in [0.15, 0.2) is 5.69 Å². The summed E-state index contributed by atoms with van der Waals surface area (Å²) in [5.74, 6) is 7.19. The van der Waals surface area contributed by atoms with E-state index in [4.69, 9.17) is 15.0 Å². The maximum atomic E-state index is 11.5. The number of primary amides is 1. The van der Waals surface area contributed by atoms with E-state index in [0.717, 1.165) is 28.4 Å². The molecule has 27 heavy (non-hydrogen) atoms. The Morgan fingerprint density at radius 1 is 1.37 bits per heavy atom. The lowest BCUT2D eigenvalue weighted by Crippen LogP contribution is -2.12. The molecular formula is C20H18N4O3. The van der Waals surface area contributed by atoms with Gasteiger partial charge in [-0.1, -0.05) is 23.9 Å². The molecule has 0 radical (unpaired) electrons. The maximum absolute atomic E-state index is 11.5. The number of hydrogen-bond donors (Lipinski definition) is 1. The van der Waals surface area contributed by atoms with Crippen LogP contribution in [0.2, 0.25) is 0 Å². The van der Waals surface area contributed by atoms with E-state index in [0.29, 0.717) is 18.8 Å². The van der Waals surface area contributed by atoms with Crippen molar-refractivity contribution < 1.29 is 14.1 Å². The van der Waals surface area contributed by atoms with Gasteiger partial charge < -0.3 is 15.0 Å². The summed E-state index contributed by atoms with van der Waals surface area (Å²) in [5, 5.41) is 8.30. The zero-order valence-corrected chi connectivity index (χ0v) is 15.0. The smallest absolute Gasteiger partial charge is 0.269 e. The summed E-state index contributed by atoms with van der Waals surface area (Å²) < 4.78 is 12.6. The highest BCUT2D eigenvalue weighted by molar-refractivity contribution is 5.91. The van der Waals surface area contributed by atoms with Gasteiger partial charge in [-0.2, -0.15) is 5.10 Å². The fraction of sp³-hybridized carbons (Fsp3) is 0.250. The monoisotopic (exact) mass is 362 g/mol. The molecule has 1 aliphatic heterocycles. The molecule has 1 aromatic carbocycles. The van der Waals surface area contributed by atoms with Crippen molar-refractivity contribution in [3.63, 3.8) is 0 Å². The van der Waals surface area contributed by atoms with Crippen LogP contribution in [0, 0.1) is 18.8 Å². The number of aryl methyl sites for hydroxylation is 1. The number of nitrogens with zero attached hydrogens (tertiary/aromatic N) is 3. The Bertz CT molecular complexity index is 1080. The van der Waals surface area contributed by atoms with Crippen LogP contribution in [0.15, 0.2) is 34.9 Å². The topological polar surface area (TPSA) is 96.2 Å². The van der Waals surface area contributed by atoms with Crippen molar-refractivity contribution in [1.29, 1.82) is 0 Å². The van der Waals surface area contributed by atoms with Gasteiger partial charge in [-0.15, -0.1) is 0 Å². The first-order chi connectivity index (χ1) is 13.0. The van der Waals surface area contributed by atoms with Crippen LogP contribution < -0.4 is 10.5 Å². The molecule has 3 aromatic rings. The molecule has 7 heteroatoms. The predicted molar refractivity (Wildman–Crippen MR) is 97.8 cm³/mol. The van der Waals surface area contributed by atoms with Crippen molar-refractivity contribution in [2.24, 2.45) is 5.73 Å². The summed E-state index contributed by atoms with van der Waals surface area (Å²) >= 11 is 0. The van der Waals surface area contributed by atoms with E-state index in [1.807, 2.05) is 38.1 Å². The molecular weight excluding hydrogens is 344 g/mol. The van der Waals surface area contributed by atoms with Crippen LogP contribution in [0.25, 0.3) is 5.69 Å². The minimum Gasteiger partial charge on any atom is -0.491 e. The SMILES string of the molecule is Cc1cc(CC#Cc2ccc3c(c2)-n2nc(C(N)=O)cc2[C@@H](C)CO3)no1. The fourth-order valence-corrected chi connectivity index (χ4v) is 2.98. The summed E-state index contributed by atoms with van der Waals surface area (Å²) in [6.07, 6.45) is 0.501. The number of rotatable bonds is 2. The summed E-state index contributed by atoms with van der Waals surface area (Å²) in [5.41, 5.74) is 8.87. The Balaban J connectivity index is 1.70. The number of carbonyl (C=O) groups is 1. The second kappa shape index (κ2) is 6.65. The van der Waals surface area contributed by atoms with Crippen molar-refractivity contribution in [1.82, 2.24) is 14.9 Å². The number of hydrogen-bond acceptors (Lipinski definition) is 5. The van der Waals surface area contributed by atoms with Gasteiger partial charge >= 0.3 is 0 Å². The maximum Gasteiger partial charge on any atom is 0.269 e. The molecule has 7 nitrogen and oxygen atoms in total. The molecule has 0 bridgehead atoms. The average Bonchev–Trinajstić information content (AvgIpc) is 3.24. The van der Waals surface area contributed by atoms with Gasteiger partial charge in [-0.05, 0) is 31.2 Å². The highest BCUT2D eigenvalue weighted by Gasteiger charge is 2.24. The van der Waals surface area contributed by atoms with Crippen molar-refractivity contribution >= 4 is 5.91 Å². The zero-order valence-electron chi connectivity index (χ0n) is 15.0. The highest BCUT2D eigenvalue weighted by Crippen LogP contribution is 2.32. The number of carbonyl (C=O) groups excluding carboxylic acids is 1. The minimum atomic E-state index is -0.552. The van der Waals surface area contributed by atoms with E-state index < -0.39 is 5.91 Å². The first-order valence-electron chi connectivity index (χ1n) is 8.59. The number of benzene rings is 1. The first-order valence-corrected chi connectivity index (χ1v) is 8.59. The van der Waals surface area contributed by atoms with Gasteiger partial charge in [0.1, 0.15) is 17.2 Å². The van der Waals surface area contributed by atoms with E-state index in [1.165, 1.54) is 0 Å². The predicted octanol–water partition coefficient (Wildman–Crippen LogP) is 2.36. The Kier molecular flexibility index (Phi) is 4.16. The van der Waals surface area contributed by atoms with Crippen LogP contribution in [-0.4, -0.2) is 27.5 Å². The van der Waals surface area contributed by atoms with Crippen LogP contribution in [-0.2, 0) is 6.42 Å². The molecule has 136 valence electrons. The molecule has 0 fully saturated rings. The highest BCUT2D eigenvalue weighted by atomic mass is 16.5. The third-order valence-electron chi connectivity index (χ3n) is 4.35.